The van der Waals surface area contributed by atoms with Crippen molar-refractivity contribution in [3.05, 3.63) is 48.5 Å². The first-order chi connectivity index (χ1) is 11.9. The lowest BCUT2D eigenvalue weighted by molar-refractivity contribution is 0.578. The zero-order valence-corrected chi connectivity index (χ0v) is 14.5. The van der Waals surface area contributed by atoms with Crippen LogP contribution in [0.1, 0.15) is 38.5 Å². The summed E-state index contributed by atoms with van der Waals surface area (Å²) in [6.45, 7) is 4.77. The first kappa shape index (κ1) is 15.6. The molecule has 2 aromatic carbocycles. The number of nitrogens with zero attached hydrogens (tertiary/aromatic N) is 2. The largest absolute Gasteiger partial charge is 0.372 e. The summed E-state index contributed by atoms with van der Waals surface area (Å²) in [4.78, 5) is 5.06. The number of hydrogen-bond acceptors (Lipinski definition) is 2. The highest BCUT2D eigenvalue weighted by molar-refractivity contribution is 5.79. The molecule has 125 valence electrons. The van der Waals surface area contributed by atoms with E-state index in [0.717, 1.165) is 0 Å². The van der Waals surface area contributed by atoms with Crippen molar-refractivity contribution >= 4 is 11.4 Å². The molecule has 0 bridgehead atoms. The highest BCUT2D eigenvalue weighted by atomic mass is 15.1. The molecule has 4 rings (SSSR count). The lowest BCUT2D eigenvalue weighted by Gasteiger charge is -2.31. The second-order valence-corrected chi connectivity index (χ2v) is 7.09. The molecule has 0 saturated carbocycles. The maximum Gasteiger partial charge on any atom is 0.0452 e. The SMILES string of the molecule is [c]1ccc(-c2ccc(N3CCCCC3)cc2)c(N2CCCCC2)c1. The fourth-order valence-corrected chi connectivity index (χ4v) is 4.07. The van der Waals surface area contributed by atoms with E-state index in [9.17, 15) is 0 Å². The lowest BCUT2D eigenvalue weighted by atomic mass is 10.0. The topological polar surface area (TPSA) is 6.48 Å². The zero-order chi connectivity index (χ0) is 16.2. The van der Waals surface area contributed by atoms with Crippen molar-refractivity contribution in [3.8, 4) is 11.1 Å². The van der Waals surface area contributed by atoms with Crippen LogP contribution in [0.2, 0.25) is 0 Å². The van der Waals surface area contributed by atoms with Crippen molar-refractivity contribution in [3.63, 3.8) is 0 Å². The summed E-state index contributed by atoms with van der Waals surface area (Å²) in [5, 5.41) is 0. The summed E-state index contributed by atoms with van der Waals surface area (Å²) in [6, 6.07) is 18.9. The van der Waals surface area contributed by atoms with Gasteiger partial charge in [-0.1, -0.05) is 24.3 Å². The molecule has 0 spiro atoms. The van der Waals surface area contributed by atoms with Gasteiger partial charge in [0.2, 0.25) is 0 Å². The van der Waals surface area contributed by atoms with Gasteiger partial charge in [0.05, 0.1) is 0 Å². The minimum absolute atomic E-state index is 1.18. The van der Waals surface area contributed by atoms with Crippen molar-refractivity contribution in [2.45, 2.75) is 38.5 Å². The van der Waals surface area contributed by atoms with Crippen molar-refractivity contribution in [2.24, 2.45) is 0 Å². The fraction of sp³-hybridized carbons (Fsp3) is 0.455. The van der Waals surface area contributed by atoms with Crippen molar-refractivity contribution < 1.29 is 0 Å². The van der Waals surface area contributed by atoms with Gasteiger partial charge in [-0.05, 0) is 68.4 Å². The number of rotatable bonds is 3. The number of benzene rings is 2. The molecule has 2 heterocycles. The van der Waals surface area contributed by atoms with Gasteiger partial charge in [0, 0.05) is 43.1 Å². The molecule has 0 atom stereocenters. The van der Waals surface area contributed by atoms with E-state index < -0.39 is 0 Å². The predicted molar refractivity (Wildman–Crippen MR) is 103 cm³/mol. The Morgan fingerprint density at radius 1 is 0.667 bits per heavy atom. The Balaban J connectivity index is 1.59. The van der Waals surface area contributed by atoms with E-state index in [-0.39, 0.29) is 0 Å². The summed E-state index contributed by atoms with van der Waals surface area (Å²) >= 11 is 0. The molecule has 2 nitrogen and oxygen atoms in total. The highest BCUT2D eigenvalue weighted by Gasteiger charge is 2.16. The second kappa shape index (κ2) is 7.29. The lowest BCUT2D eigenvalue weighted by Crippen LogP contribution is -2.29. The molecule has 0 aliphatic carbocycles. The van der Waals surface area contributed by atoms with Crippen LogP contribution in [0.25, 0.3) is 11.1 Å². The van der Waals surface area contributed by atoms with Crippen molar-refractivity contribution in [1.29, 1.82) is 0 Å². The zero-order valence-electron chi connectivity index (χ0n) is 14.5. The predicted octanol–water partition coefficient (Wildman–Crippen LogP) is 5.13. The van der Waals surface area contributed by atoms with Gasteiger partial charge in [-0.2, -0.15) is 0 Å². The van der Waals surface area contributed by atoms with Crippen LogP contribution in [0, 0.1) is 6.07 Å². The Labute approximate surface area is 146 Å². The van der Waals surface area contributed by atoms with Crippen LogP contribution in [-0.2, 0) is 0 Å². The van der Waals surface area contributed by atoms with Gasteiger partial charge in [0.25, 0.3) is 0 Å². The summed E-state index contributed by atoms with van der Waals surface area (Å²) in [5.74, 6) is 0. The number of anilines is 2. The minimum atomic E-state index is 1.18. The van der Waals surface area contributed by atoms with E-state index in [1.165, 1.54) is 87.2 Å². The molecule has 2 aromatic rings. The molecule has 0 aromatic heterocycles. The molecule has 2 aliphatic rings. The fourth-order valence-electron chi connectivity index (χ4n) is 4.07. The van der Waals surface area contributed by atoms with E-state index in [1.807, 2.05) is 6.07 Å². The third kappa shape index (κ3) is 3.28. The van der Waals surface area contributed by atoms with Gasteiger partial charge in [-0.25, -0.2) is 0 Å². The molecule has 2 aliphatic heterocycles. The van der Waals surface area contributed by atoms with Crippen molar-refractivity contribution in [1.82, 2.24) is 0 Å². The summed E-state index contributed by atoms with van der Waals surface area (Å²) in [5.41, 5.74) is 5.40. The Kier molecular flexibility index (Phi) is 4.73. The number of piperidine rings is 2. The molecule has 0 amide bonds. The van der Waals surface area contributed by atoms with E-state index in [0.29, 0.717) is 0 Å². The second-order valence-electron chi connectivity index (χ2n) is 7.09. The molecule has 2 fully saturated rings. The molecule has 2 saturated heterocycles. The van der Waals surface area contributed by atoms with Gasteiger partial charge < -0.3 is 9.80 Å². The van der Waals surface area contributed by atoms with E-state index >= 15 is 0 Å². The van der Waals surface area contributed by atoms with Crippen LogP contribution in [0.3, 0.4) is 0 Å². The monoisotopic (exact) mass is 319 g/mol. The van der Waals surface area contributed by atoms with Gasteiger partial charge in [0.15, 0.2) is 0 Å². The first-order valence-corrected chi connectivity index (χ1v) is 9.52. The van der Waals surface area contributed by atoms with Crippen molar-refractivity contribution in [2.75, 3.05) is 36.0 Å². The van der Waals surface area contributed by atoms with E-state index in [4.69, 9.17) is 0 Å². The first-order valence-electron chi connectivity index (χ1n) is 9.52. The van der Waals surface area contributed by atoms with Crippen LogP contribution in [-0.4, -0.2) is 26.2 Å². The van der Waals surface area contributed by atoms with Crippen LogP contribution >= 0.6 is 0 Å². The summed E-state index contributed by atoms with van der Waals surface area (Å²) in [6.07, 6.45) is 8.02. The Morgan fingerprint density at radius 3 is 1.96 bits per heavy atom. The van der Waals surface area contributed by atoms with E-state index in [2.05, 4.69) is 52.3 Å². The minimum Gasteiger partial charge on any atom is -0.372 e. The standard InChI is InChI=1S/C22H27N2/c1-5-15-23(16-6-1)20-13-11-19(12-14-20)21-9-3-4-10-22(21)24-17-7-2-8-18-24/h3,9-14H,1-2,5-8,15-18H2. The van der Waals surface area contributed by atoms with Crippen LogP contribution in [0.5, 0.6) is 0 Å². The van der Waals surface area contributed by atoms with E-state index in [1.54, 1.807) is 0 Å². The molecule has 2 heteroatoms. The smallest absolute Gasteiger partial charge is 0.0452 e. The Morgan fingerprint density at radius 2 is 1.29 bits per heavy atom. The Bertz CT molecular complexity index is 650. The molecule has 0 N–H and O–H groups in total. The third-order valence-corrected chi connectivity index (χ3v) is 5.44. The average Bonchev–Trinajstić information content (AvgIpc) is 2.69. The summed E-state index contributed by atoms with van der Waals surface area (Å²) < 4.78 is 0. The summed E-state index contributed by atoms with van der Waals surface area (Å²) in [7, 11) is 0. The third-order valence-electron chi connectivity index (χ3n) is 5.44. The van der Waals surface area contributed by atoms with Crippen LogP contribution < -0.4 is 9.80 Å². The normalized spacial score (nSPS) is 18.7. The van der Waals surface area contributed by atoms with Gasteiger partial charge in [-0.3, -0.25) is 0 Å². The van der Waals surface area contributed by atoms with Gasteiger partial charge in [-0.15, -0.1) is 0 Å². The molecule has 1 radical (unpaired) electrons. The van der Waals surface area contributed by atoms with Gasteiger partial charge >= 0.3 is 0 Å². The van der Waals surface area contributed by atoms with Crippen LogP contribution in [0.4, 0.5) is 11.4 Å². The maximum atomic E-state index is 3.28. The number of hydrogen-bond donors (Lipinski definition) is 0. The van der Waals surface area contributed by atoms with Crippen LogP contribution in [0.15, 0.2) is 42.5 Å². The molecular formula is C22H27N2. The molecular weight excluding hydrogens is 292 g/mol. The maximum absolute atomic E-state index is 3.28. The molecule has 24 heavy (non-hydrogen) atoms. The van der Waals surface area contributed by atoms with Gasteiger partial charge in [0.1, 0.15) is 0 Å². The quantitative estimate of drug-likeness (QED) is 0.773. The average molecular weight is 319 g/mol. The highest BCUT2D eigenvalue weighted by Crippen LogP contribution is 2.33. The Hall–Kier alpha value is -1.96. The molecule has 0 unspecified atom stereocenters.